The van der Waals surface area contributed by atoms with Gasteiger partial charge in [0.2, 0.25) is 0 Å². The zero-order valence-corrected chi connectivity index (χ0v) is 20.4. The third-order valence-electron chi connectivity index (χ3n) is 6.43. The van der Waals surface area contributed by atoms with Crippen molar-refractivity contribution < 1.29 is 9.84 Å². The number of fused-ring (bicyclic) bond motifs is 1. The zero-order chi connectivity index (χ0) is 24.1. The normalized spacial score (nSPS) is 15.7. The molecule has 1 unspecified atom stereocenters. The lowest BCUT2D eigenvalue weighted by molar-refractivity contribution is 0.0975. The number of piperidine rings is 1. The monoisotopic (exact) mass is 468 g/mol. The molecule has 4 N–H and O–H groups in total. The van der Waals surface area contributed by atoms with Gasteiger partial charge in [0.25, 0.3) is 0 Å². The molecule has 0 aromatic carbocycles. The first-order chi connectivity index (χ1) is 16.5. The van der Waals surface area contributed by atoms with Crippen LogP contribution in [0.25, 0.3) is 5.65 Å². The Morgan fingerprint density at radius 1 is 1.26 bits per heavy atom. The van der Waals surface area contributed by atoms with Crippen LogP contribution >= 0.6 is 0 Å². The van der Waals surface area contributed by atoms with Gasteiger partial charge in [-0.25, -0.2) is 14.5 Å². The molecule has 0 radical (unpaired) electrons. The molecule has 4 heterocycles. The topological polar surface area (TPSA) is 127 Å². The summed E-state index contributed by atoms with van der Waals surface area (Å²) in [5.41, 5.74) is 9.71. The van der Waals surface area contributed by atoms with E-state index in [4.69, 9.17) is 15.5 Å². The number of aliphatic hydroxyl groups is 1. The molecule has 3 aromatic rings. The SMILES string of the molecule is CCCC(CO)Oc1nc(N)c2ncc(Cc3cnc(N4CCC(CNC)CC4)c(C)c3)n2n1. The van der Waals surface area contributed by atoms with E-state index in [1.54, 1.807) is 10.7 Å². The number of anilines is 2. The molecule has 0 saturated carbocycles. The minimum atomic E-state index is -0.364. The van der Waals surface area contributed by atoms with E-state index in [1.165, 1.54) is 18.4 Å². The summed E-state index contributed by atoms with van der Waals surface area (Å²) in [7, 11) is 2.02. The van der Waals surface area contributed by atoms with Crippen molar-refractivity contribution in [3.63, 3.8) is 0 Å². The highest BCUT2D eigenvalue weighted by Gasteiger charge is 2.21. The molecule has 1 atom stereocenters. The number of rotatable bonds is 10. The Labute approximate surface area is 200 Å². The largest absolute Gasteiger partial charge is 0.457 e. The summed E-state index contributed by atoms with van der Waals surface area (Å²) in [6.45, 7) is 7.22. The minimum Gasteiger partial charge on any atom is -0.457 e. The molecule has 0 aliphatic carbocycles. The summed E-state index contributed by atoms with van der Waals surface area (Å²) in [5.74, 6) is 2.06. The smallest absolute Gasteiger partial charge is 0.336 e. The first-order valence-corrected chi connectivity index (χ1v) is 12.1. The predicted octanol–water partition coefficient (Wildman–Crippen LogP) is 1.98. The Morgan fingerprint density at radius 2 is 2.06 bits per heavy atom. The molecule has 10 heteroatoms. The Kier molecular flexibility index (Phi) is 7.79. The third kappa shape index (κ3) is 5.39. The summed E-state index contributed by atoms with van der Waals surface area (Å²) in [6.07, 6.45) is 7.90. The summed E-state index contributed by atoms with van der Waals surface area (Å²) >= 11 is 0. The van der Waals surface area contributed by atoms with Crippen molar-refractivity contribution in [3.8, 4) is 6.01 Å². The number of nitrogens with zero attached hydrogens (tertiary/aromatic N) is 6. The fourth-order valence-corrected chi connectivity index (χ4v) is 4.66. The number of nitrogens with one attached hydrogen (secondary N) is 1. The van der Waals surface area contributed by atoms with Crippen molar-refractivity contribution in [2.75, 3.05) is 43.9 Å². The molecule has 10 nitrogen and oxygen atoms in total. The van der Waals surface area contributed by atoms with E-state index in [-0.39, 0.29) is 24.5 Å². The van der Waals surface area contributed by atoms with Gasteiger partial charge >= 0.3 is 6.01 Å². The number of aryl methyl sites for hydroxylation is 1. The van der Waals surface area contributed by atoms with Crippen LogP contribution in [-0.4, -0.2) is 69.1 Å². The summed E-state index contributed by atoms with van der Waals surface area (Å²) in [6, 6.07) is 2.33. The van der Waals surface area contributed by atoms with Crippen LogP contribution in [0.5, 0.6) is 6.01 Å². The van der Waals surface area contributed by atoms with Gasteiger partial charge in [0.15, 0.2) is 11.5 Å². The maximum absolute atomic E-state index is 9.55. The summed E-state index contributed by atoms with van der Waals surface area (Å²) in [5, 5.41) is 17.3. The van der Waals surface area contributed by atoms with Crippen LogP contribution < -0.4 is 20.7 Å². The number of aromatic nitrogens is 5. The maximum atomic E-state index is 9.55. The Morgan fingerprint density at radius 3 is 2.74 bits per heavy atom. The Hall–Kier alpha value is -2.98. The van der Waals surface area contributed by atoms with E-state index in [0.717, 1.165) is 49.0 Å². The van der Waals surface area contributed by atoms with Crippen LogP contribution in [0.15, 0.2) is 18.5 Å². The molecule has 1 saturated heterocycles. The Balaban J connectivity index is 1.50. The number of aliphatic hydroxyl groups excluding tert-OH is 1. The molecule has 34 heavy (non-hydrogen) atoms. The molecule has 3 aromatic heterocycles. The molecule has 0 bridgehead atoms. The van der Waals surface area contributed by atoms with E-state index >= 15 is 0 Å². The van der Waals surface area contributed by atoms with E-state index in [9.17, 15) is 5.11 Å². The second kappa shape index (κ2) is 11.0. The molecule has 1 fully saturated rings. The van der Waals surface area contributed by atoms with Crippen molar-refractivity contribution in [1.82, 2.24) is 29.9 Å². The summed E-state index contributed by atoms with van der Waals surface area (Å²) < 4.78 is 7.44. The van der Waals surface area contributed by atoms with Gasteiger partial charge in [0, 0.05) is 25.7 Å². The van der Waals surface area contributed by atoms with Gasteiger partial charge < -0.3 is 25.8 Å². The molecule has 184 valence electrons. The van der Waals surface area contributed by atoms with Crippen LogP contribution in [0.4, 0.5) is 11.6 Å². The number of ether oxygens (including phenoxy) is 1. The van der Waals surface area contributed by atoms with E-state index in [1.807, 2.05) is 20.2 Å². The van der Waals surface area contributed by atoms with Crippen molar-refractivity contribution in [2.45, 2.75) is 52.1 Å². The van der Waals surface area contributed by atoms with E-state index in [0.29, 0.717) is 18.5 Å². The molecule has 0 amide bonds. The number of nitrogen functional groups attached to an aromatic ring is 1. The molecule has 4 rings (SSSR count). The van der Waals surface area contributed by atoms with Gasteiger partial charge in [0.1, 0.15) is 11.9 Å². The first kappa shape index (κ1) is 24.2. The number of nitrogens with two attached hydrogens (primary N) is 1. The zero-order valence-electron chi connectivity index (χ0n) is 20.4. The van der Waals surface area contributed by atoms with Crippen LogP contribution in [0.3, 0.4) is 0 Å². The van der Waals surface area contributed by atoms with E-state index in [2.05, 4.69) is 38.3 Å². The van der Waals surface area contributed by atoms with Crippen LogP contribution in [0, 0.1) is 12.8 Å². The molecule has 0 spiro atoms. The van der Waals surface area contributed by atoms with Gasteiger partial charge in [-0.3, -0.25) is 0 Å². The standard InChI is InChI=1S/C24H36N8O2/c1-4-5-20(15-33)34-24-29-21(25)23-28-14-19(32(23)30-24)11-18-10-16(2)22(27-13-18)31-8-6-17(7-9-31)12-26-3/h10,13-14,17,20,26,33H,4-9,11-12,15H2,1-3H3,(H2,25,29,30). The predicted molar refractivity (Wildman–Crippen MR) is 132 cm³/mol. The highest BCUT2D eigenvalue weighted by molar-refractivity contribution is 5.60. The fraction of sp³-hybridized carbons (Fsp3) is 0.583. The third-order valence-corrected chi connectivity index (χ3v) is 6.43. The maximum Gasteiger partial charge on any atom is 0.336 e. The Bertz CT molecular complexity index is 1090. The van der Waals surface area contributed by atoms with Gasteiger partial charge in [-0.1, -0.05) is 19.4 Å². The van der Waals surface area contributed by atoms with Crippen molar-refractivity contribution >= 4 is 17.3 Å². The lowest BCUT2D eigenvalue weighted by Gasteiger charge is -2.33. The van der Waals surface area contributed by atoms with E-state index < -0.39 is 0 Å². The minimum absolute atomic E-state index is 0.101. The number of imidazole rings is 1. The average molecular weight is 469 g/mol. The first-order valence-electron chi connectivity index (χ1n) is 12.1. The molecular formula is C24H36N8O2. The second-order valence-electron chi connectivity index (χ2n) is 9.12. The number of hydrogen-bond donors (Lipinski definition) is 3. The lowest BCUT2D eigenvalue weighted by atomic mass is 9.96. The number of pyridine rings is 1. The van der Waals surface area contributed by atoms with Crippen molar-refractivity contribution in [3.05, 3.63) is 35.3 Å². The van der Waals surface area contributed by atoms with Gasteiger partial charge in [0.05, 0.1) is 18.5 Å². The van der Waals surface area contributed by atoms with Gasteiger partial charge in [-0.15, -0.1) is 5.10 Å². The highest BCUT2D eigenvalue weighted by Crippen LogP contribution is 2.25. The van der Waals surface area contributed by atoms with Crippen molar-refractivity contribution in [1.29, 1.82) is 0 Å². The van der Waals surface area contributed by atoms with Crippen LogP contribution in [0.2, 0.25) is 0 Å². The molecule has 1 aliphatic rings. The number of hydrogen-bond acceptors (Lipinski definition) is 9. The highest BCUT2D eigenvalue weighted by atomic mass is 16.5. The second-order valence-corrected chi connectivity index (χ2v) is 9.12. The van der Waals surface area contributed by atoms with Crippen molar-refractivity contribution in [2.24, 2.45) is 5.92 Å². The fourth-order valence-electron chi connectivity index (χ4n) is 4.66. The quantitative estimate of drug-likeness (QED) is 0.409. The lowest BCUT2D eigenvalue weighted by Crippen LogP contribution is -2.37. The average Bonchev–Trinajstić information content (AvgIpc) is 3.23. The van der Waals surface area contributed by atoms with Gasteiger partial charge in [-0.05, 0) is 56.8 Å². The van der Waals surface area contributed by atoms with Gasteiger partial charge in [-0.2, -0.15) is 4.98 Å². The van der Waals surface area contributed by atoms with Crippen LogP contribution in [-0.2, 0) is 6.42 Å². The molecule has 1 aliphatic heterocycles. The molecular weight excluding hydrogens is 432 g/mol. The van der Waals surface area contributed by atoms with Crippen LogP contribution in [0.1, 0.15) is 49.4 Å². The summed E-state index contributed by atoms with van der Waals surface area (Å²) in [4.78, 5) is 15.8.